The van der Waals surface area contributed by atoms with Crippen LogP contribution in [0.4, 0.5) is 11.4 Å². The van der Waals surface area contributed by atoms with Gasteiger partial charge in [-0.15, -0.1) is 0 Å². The predicted octanol–water partition coefficient (Wildman–Crippen LogP) is 4.17. The molecule has 3 aromatic carbocycles. The van der Waals surface area contributed by atoms with Crippen LogP contribution in [0.1, 0.15) is 40.4 Å². The van der Waals surface area contributed by atoms with Crippen LogP contribution in [0.3, 0.4) is 0 Å². The highest BCUT2D eigenvalue weighted by molar-refractivity contribution is 7.88. The number of amides is 1. The van der Waals surface area contributed by atoms with Gasteiger partial charge in [-0.2, -0.15) is 0 Å². The summed E-state index contributed by atoms with van der Waals surface area (Å²) in [5.41, 5.74) is 5.56. The zero-order valence-corrected chi connectivity index (χ0v) is 23.7. The molecule has 9 nitrogen and oxygen atoms in total. The van der Waals surface area contributed by atoms with Gasteiger partial charge in [0.2, 0.25) is 10.0 Å². The molecule has 0 spiro atoms. The lowest BCUT2D eigenvalue weighted by Gasteiger charge is -2.18. The largest absolute Gasteiger partial charge is 0.462 e. The Morgan fingerprint density at radius 1 is 1.00 bits per heavy atom. The van der Waals surface area contributed by atoms with E-state index >= 15 is 0 Å². The predicted molar refractivity (Wildman–Crippen MR) is 158 cm³/mol. The maximum Gasteiger partial charge on any atom is 0.338 e. The molecule has 210 valence electrons. The van der Waals surface area contributed by atoms with Crippen molar-refractivity contribution in [2.45, 2.75) is 19.9 Å². The van der Waals surface area contributed by atoms with Gasteiger partial charge in [0.15, 0.2) is 0 Å². The van der Waals surface area contributed by atoms with E-state index in [1.807, 2.05) is 61.6 Å². The van der Waals surface area contributed by atoms with Crippen molar-refractivity contribution in [2.75, 3.05) is 43.6 Å². The monoisotopic (exact) mass is 562 g/mol. The minimum atomic E-state index is -3.17. The lowest BCUT2D eigenvalue weighted by Crippen LogP contribution is -2.27. The molecule has 0 saturated carbocycles. The minimum absolute atomic E-state index is 0.258. The van der Waals surface area contributed by atoms with Crippen molar-refractivity contribution in [3.05, 3.63) is 95.1 Å². The van der Waals surface area contributed by atoms with Crippen molar-refractivity contribution >= 4 is 44.5 Å². The van der Waals surface area contributed by atoms with Crippen LogP contribution in [-0.4, -0.2) is 58.2 Å². The second-order valence-electron chi connectivity index (χ2n) is 9.63. The highest BCUT2D eigenvalue weighted by Gasteiger charge is 2.29. The Bertz CT molecular complexity index is 1500. The zero-order chi connectivity index (χ0) is 28.7. The zero-order valence-electron chi connectivity index (χ0n) is 22.9. The molecule has 3 N–H and O–H groups in total. The van der Waals surface area contributed by atoms with Crippen LogP contribution in [0.5, 0.6) is 0 Å². The fraction of sp³-hybridized carbons (Fsp3) is 0.267. The fourth-order valence-electron chi connectivity index (χ4n) is 4.48. The van der Waals surface area contributed by atoms with E-state index in [1.165, 1.54) is 0 Å². The molecule has 1 heterocycles. The van der Waals surface area contributed by atoms with Crippen LogP contribution in [0.25, 0.3) is 11.3 Å². The molecule has 1 amide bonds. The summed E-state index contributed by atoms with van der Waals surface area (Å²) in [6.07, 6.45) is 1.87. The number of fused-ring (bicyclic) bond motifs is 1. The summed E-state index contributed by atoms with van der Waals surface area (Å²) >= 11 is 0. The maximum atomic E-state index is 13.2. The molecular weight excluding hydrogens is 528 g/mol. The Morgan fingerprint density at radius 2 is 1.73 bits per heavy atom. The number of nitrogens with one attached hydrogen (secondary N) is 3. The number of benzene rings is 3. The molecule has 3 aromatic rings. The van der Waals surface area contributed by atoms with Gasteiger partial charge in [-0.3, -0.25) is 4.79 Å². The number of carbonyl (C=O) groups excluding carboxylic acids is 2. The number of sulfonamides is 1. The van der Waals surface area contributed by atoms with Gasteiger partial charge in [0.25, 0.3) is 5.91 Å². The van der Waals surface area contributed by atoms with Crippen molar-refractivity contribution in [2.24, 2.45) is 0 Å². The Morgan fingerprint density at radius 3 is 2.40 bits per heavy atom. The number of hydrogen-bond acceptors (Lipinski definition) is 7. The Balaban J connectivity index is 1.54. The van der Waals surface area contributed by atoms with Gasteiger partial charge in [-0.05, 0) is 62.3 Å². The van der Waals surface area contributed by atoms with Crippen molar-refractivity contribution in [3.63, 3.8) is 0 Å². The number of ether oxygens (including phenoxy) is 1. The van der Waals surface area contributed by atoms with Gasteiger partial charge in [0.05, 0.1) is 35.4 Å². The Labute approximate surface area is 235 Å². The number of hydrogen-bond donors (Lipinski definition) is 3. The number of nitrogens with zero attached hydrogens (tertiary/aromatic N) is 1. The van der Waals surface area contributed by atoms with E-state index in [4.69, 9.17) is 4.74 Å². The molecule has 10 heteroatoms. The highest BCUT2D eigenvalue weighted by atomic mass is 32.2. The van der Waals surface area contributed by atoms with Gasteiger partial charge in [-0.1, -0.05) is 48.5 Å². The summed E-state index contributed by atoms with van der Waals surface area (Å²) in [4.78, 5) is 27.6. The maximum absolute atomic E-state index is 13.2. The first-order valence-electron chi connectivity index (χ1n) is 13.1. The Kier molecular flexibility index (Phi) is 9.36. The average Bonchev–Trinajstić information content (AvgIpc) is 3.25. The average molecular weight is 563 g/mol. The van der Waals surface area contributed by atoms with Gasteiger partial charge < -0.3 is 20.3 Å². The van der Waals surface area contributed by atoms with E-state index in [0.29, 0.717) is 47.6 Å². The summed E-state index contributed by atoms with van der Waals surface area (Å²) in [7, 11) is -1.18. The molecule has 0 atom stereocenters. The normalized spacial score (nSPS) is 14.1. The molecular formula is C30H34N4O5S. The third-order valence-electron chi connectivity index (χ3n) is 6.34. The summed E-state index contributed by atoms with van der Waals surface area (Å²) in [6, 6.07) is 22.7. The first kappa shape index (κ1) is 29.0. The fourth-order valence-corrected chi connectivity index (χ4v) is 5.00. The molecule has 0 aliphatic carbocycles. The van der Waals surface area contributed by atoms with Gasteiger partial charge in [-0.25, -0.2) is 17.9 Å². The lowest BCUT2D eigenvalue weighted by molar-refractivity contribution is -0.110. The first-order chi connectivity index (χ1) is 19.1. The van der Waals surface area contributed by atoms with E-state index in [2.05, 4.69) is 20.3 Å². The van der Waals surface area contributed by atoms with Crippen LogP contribution in [-0.2, 0) is 26.1 Å². The molecule has 0 fully saturated rings. The molecule has 1 aliphatic rings. The van der Waals surface area contributed by atoms with E-state index in [9.17, 15) is 18.0 Å². The highest BCUT2D eigenvalue weighted by Crippen LogP contribution is 2.38. The van der Waals surface area contributed by atoms with Crippen molar-refractivity contribution in [1.82, 2.24) is 9.62 Å². The second-order valence-corrected chi connectivity index (χ2v) is 11.5. The molecule has 1 aliphatic heterocycles. The summed E-state index contributed by atoms with van der Waals surface area (Å²) < 4.78 is 30.0. The minimum Gasteiger partial charge on any atom is -0.462 e. The molecule has 0 radical (unpaired) electrons. The second kappa shape index (κ2) is 12.9. The SMILES string of the molecule is CCOC(=O)c1ccc2c(c1)NC(=O)C2=C(Nc1ccc(CN(C)CCCNS(C)(=O)=O)cc1)c1ccccc1. The number of carbonyl (C=O) groups is 2. The van der Waals surface area contributed by atoms with Crippen molar-refractivity contribution in [1.29, 1.82) is 0 Å². The first-order valence-corrected chi connectivity index (χ1v) is 15.0. The topological polar surface area (TPSA) is 117 Å². The van der Waals surface area contributed by atoms with Crippen LogP contribution in [0.2, 0.25) is 0 Å². The number of anilines is 2. The van der Waals surface area contributed by atoms with E-state index < -0.39 is 16.0 Å². The third kappa shape index (κ3) is 7.56. The molecule has 4 rings (SSSR count). The Hall–Kier alpha value is -3.99. The quantitative estimate of drug-likeness (QED) is 0.172. The summed E-state index contributed by atoms with van der Waals surface area (Å²) in [6.45, 7) is 3.89. The molecule has 0 bridgehead atoms. The van der Waals surface area contributed by atoms with Crippen LogP contribution in [0.15, 0.2) is 72.8 Å². The van der Waals surface area contributed by atoms with E-state index in [0.717, 1.165) is 29.6 Å². The number of esters is 1. The van der Waals surface area contributed by atoms with Crippen molar-refractivity contribution in [3.8, 4) is 0 Å². The lowest BCUT2D eigenvalue weighted by atomic mass is 9.99. The standard InChI is InChI=1S/C30H34N4O5S/c1-4-39-30(36)23-13-16-25-26(19-23)33-29(35)27(25)28(22-9-6-5-7-10-22)32-24-14-11-21(12-15-24)20-34(2)18-8-17-31-40(3,37)38/h5-7,9-16,19,31-32H,4,8,17-18,20H2,1-3H3,(H,33,35). The van der Waals surface area contributed by atoms with Crippen LogP contribution < -0.4 is 15.4 Å². The van der Waals surface area contributed by atoms with Gasteiger partial charge in [0, 0.05) is 24.3 Å². The molecule has 0 aromatic heterocycles. The molecule has 40 heavy (non-hydrogen) atoms. The summed E-state index contributed by atoms with van der Waals surface area (Å²) in [5, 5.41) is 6.34. The molecule has 0 saturated heterocycles. The van der Waals surface area contributed by atoms with Gasteiger partial charge >= 0.3 is 5.97 Å². The smallest absolute Gasteiger partial charge is 0.338 e. The third-order valence-corrected chi connectivity index (χ3v) is 7.07. The van der Waals surface area contributed by atoms with Crippen LogP contribution >= 0.6 is 0 Å². The summed E-state index contributed by atoms with van der Waals surface area (Å²) in [5.74, 6) is -0.694. The van der Waals surface area contributed by atoms with Crippen LogP contribution in [0, 0.1) is 0 Å². The van der Waals surface area contributed by atoms with Crippen molar-refractivity contribution < 1.29 is 22.7 Å². The molecule has 0 unspecified atom stereocenters. The van der Waals surface area contributed by atoms with Gasteiger partial charge in [0.1, 0.15) is 0 Å². The van der Waals surface area contributed by atoms with E-state index in [-0.39, 0.29) is 12.5 Å². The van der Waals surface area contributed by atoms with E-state index in [1.54, 1.807) is 25.1 Å². The number of rotatable bonds is 12.